The third-order valence-electron chi connectivity index (χ3n) is 18.9. The van der Waals surface area contributed by atoms with Crippen molar-refractivity contribution >= 4 is 158 Å². The van der Waals surface area contributed by atoms with Gasteiger partial charge in [-0.05, 0) is 147 Å². The molecule has 0 aliphatic carbocycles. The number of aromatic nitrogens is 1. The first kappa shape index (κ1) is 57.2. The summed E-state index contributed by atoms with van der Waals surface area (Å²) in [6.07, 6.45) is 0. The van der Waals surface area contributed by atoms with Gasteiger partial charge in [-0.3, -0.25) is 0 Å². The molecule has 0 atom stereocenters. The second-order valence-corrected chi connectivity index (χ2v) is 29.7. The van der Waals surface area contributed by atoms with Gasteiger partial charge in [0.15, 0.2) is 0 Å². The molecule has 4 heterocycles. The molecular formula is C86H63Cl2N3S2. The van der Waals surface area contributed by atoms with Crippen molar-refractivity contribution in [2.45, 2.75) is 52.4 Å². The highest BCUT2D eigenvalue weighted by Gasteiger charge is 2.35. The minimum atomic E-state index is -0.227. The summed E-state index contributed by atoms with van der Waals surface area (Å²) in [6, 6.07) is 101. The summed E-state index contributed by atoms with van der Waals surface area (Å²) in [5, 5.41) is 10.9. The van der Waals surface area contributed by atoms with Gasteiger partial charge in [-0.25, -0.2) is 0 Å². The standard InChI is InChI=1S/C86H63Cl2N3S2/c1-85(2,3)56-45-68(52-23-9-7-10-24-52)82(70(47-56)54-39-41-64-62-31-15-19-37-76(62)92-78(64)43-54)89(60-29-21-27-58(87)49-60)74-51-75(81-67-34-14-18-36-73(67)91-72-35-17-13-33-66(72)80(74)84(81)91)90(61-30-22-28-59(88)50-61)83-69(53-25-11-8-12-26-53)46-57(86(4,5)6)48-71(83)55-40-42-65-63-32-16-20-38-77(63)93-79(65)44-55/h7-51H,1-6H3. The smallest absolute Gasteiger partial charge is 0.0662 e. The number of para-hydroxylation sites is 2. The molecule has 0 aliphatic heterocycles. The average molecular weight is 1270 g/mol. The maximum absolute atomic E-state index is 7.44. The van der Waals surface area contributed by atoms with Crippen molar-refractivity contribution in [3.8, 4) is 44.5 Å². The zero-order valence-corrected chi connectivity index (χ0v) is 55.5. The van der Waals surface area contributed by atoms with Crippen LogP contribution in [0.2, 0.25) is 10.0 Å². The fourth-order valence-corrected chi connectivity index (χ4v) is 17.1. The zero-order chi connectivity index (χ0) is 63.0. The number of hydrogen-bond acceptors (Lipinski definition) is 4. The van der Waals surface area contributed by atoms with Crippen molar-refractivity contribution in [3.05, 3.63) is 294 Å². The Morgan fingerprint density at radius 1 is 0.312 bits per heavy atom. The van der Waals surface area contributed by atoms with E-state index in [1.54, 1.807) is 0 Å². The molecule has 0 saturated carbocycles. The summed E-state index contributed by atoms with van der Waals surface area (Å²) in [7, 11) is 0. The first-order chi connectivity index (χ1) is 45.2. The number of thiophene rings is 2. The number of benzene rings is 13. The number of hydrogen-bond donors (Lipinski definition) is 0. The predicted octanol–water partition coefficient (Wildman–Crippen LogP) is 27.1. The first-order valence-corrected chi connectivity index (χ1v) is 34.2. The Balaban J connectivity index is 1.08. The van der Waals surface area contributed by atoms with Crippen LogP contribution >= 0.6 is 45.9 Å². The molecule has 3 nitrogen and oxygen atoms in total. The van der Waals surface area contributed by atoms with Crippen molar-refractivity contribution in [1.29, 1.82) is 0 Å². The van der Waals surface area contributed by atoms with Crippen LogP contribution in [0, 0.1) is 0 Å². The lowest BCUT2D eigenvalue weighted by Crippen LogP contribution is -2.18. The van der Waals surface area contributed by atoms with Crippen LogP contribution in [0.15, 0.2) is 273 Å². The van der Waals surface area contributed by atoms with E-state index in [0.717, 1.165) is 117 Å². The fourth-order valence-electron chi connectivity index (χ4n) is 14.4. The second-order valence-electron chi connectivity index (χ2n) is 26.7. The van der Waals surface area contributed by atoms with Gasteiger partial charge in [0, 0.05) is 106 Å². The van der Waals surface area contributed by atoms with Gasteiger partial charge in [0.2, 0.25) is 0 Å². The van der Waals surface area contributed by atoms with Crippen LogP contribution in [0.1, 0.15) is 52.7 Å². The van der Waals surface area contributed by atoms with E-state index in [-0.39, 0.29) is 10.8 Å². The highest BCUT2D eigenvalue weighted by molar-refractivity contribution is 7.26. The van der Waals surface area contributed by atoms with Crippen LogP contribution in [-0.4, -0.2) is 4.40 Å². The summed E-state index contributed by atoms with van der Waals surface area (Å²) in [6.45, 7) is 14.0. The van der Waals surface area contributed by atoms with Crippen LogP contribution in [0.4, 0.5) is 34.1 Å². The summed E-state index contributed by atoms with van der Waals surface area (Å²) >= 11 is 18.6. The molecule has 13 aromatic carbocycles. The molecule has 0 unspecified atom stereocenters. The maximum Gasteiger partial charge on any atom is 0.0662 e. The quantitative estimate of drug-likeness (QED) is 0.135. The molecule has 0 N–H and O–H groups in total. The Morgan fingerprint density at radius 2 is 0.677 bits per heavy atom. The number of halogens is 2. The number of nitrogens with zero attached hydrogens (tertiary/aromatic N) is 3. The van der Waals surface area contributed by atoms with Crippen LogP contribution in [0.5, 0.6) is 0 Å². The molecule has 17 rings (SSSR count). The van der Waals surface area contributed by atoms with Crippen molar-refractivity contribution in [3.63, 3.8) is 0 Å². The van der Waals surface area contributed by atoms with E-state index in [2.05, 4.69) is 317 Å². The molecule has 0 bridgehead atoms. The van der Waals surface area contributed by atoms with Crippen molar-refractivity contribution in [2.24, 2.45) is 0 Å². The SMILES string of the molecule is CC(C)(C)c1cc(-c2ccccc2)c(N(c2cccc(Cl)c2)c2cc(N(c3cccc(Cl)c3)c3c(-c4ccccc4)cc(C(C)(C)C)cc3-c3ccc4c(c3)sc3ccccc34)c3c4ccccc4n4c5ccccc5c2c34)c(-c2ccc3c(c2)sc2ccccc23)c1. The lowest BCUT2D eigenvalue weighted by Gasteiger charge is -2.36. The van der Waals surface area contributed by atoms with Gasteiger partial charge in [0.1, 0.15) is 0 Å². The molecule has 0 aliphatic rings. The van der Waals surface area contributed by atoms with E-state index in [9.17, 15) is 0 Å². The van der Waals surface area contributed by atoms with E-state index in [4.69, 9.17) is 23.2 Å². The van der Waals surface area contributed by atoms with Crippen LogP contribution in [0.3, 0.4) is 0 Å². The van der Waals surface area contributed by atoms with E-state index in [1.165, 1.54) is 51.5 Å². The van der Waals surface area contributed by atoms with Gasteiger partial charge < -0.3 is 14.2 Å². The van der Waals surface area contributed by atoms with Gasteiger partial charge in [0.05, 0.1) is 39.3 Å². The summed E-state index contributed by atoms with van der Waals surface area (Å²) in [5.74, 6) is 0. The van der Waals surface area contributed by atoms with Crippen LogP contribution in [0.25, 0.3) is 123 Å². The molecule has 448 valence electrons. The van der Waals surface area contributed by atoms with E-state index in [0.29, 0.717) is 10.0 Å². The fraction of sp³-hybridized carbons (Fsp3) is 0.0930. The Kier molecular flexibility index (Phi) is 13.5. The van der Waals surface area contributed by atoms with Gasteiger partial charge in [-0.1, -0.05) is 235 Å². The van der Waals surface area contributed by atoms with E-state index >= 15 is 0 Å². The monoisotopic (exact) mass is 1270 g/mol. The molecule has 0 spiro atoms. The maximum atomic E-state index is 7.44. The largest absolute Gasteiger partial charge is 0.308 e. The van der Waals surface area contributed by atoms with Crippen molar-refractivity contribution in [2.75, 3.05) is 9.80 Å². The summed E-state index contributed by atoms with van der Waals surface area (Å²) in [4.78, 5) is 5.11. The Bertz CT molecular complexity index is 5470. The van der Waals surface area contributed by atoms with Crippen LogP contribution < -0.4 is 9.80 Å². The number of anilines is 6. The molecule has 4 aromatic heterocycles. The number of fused-ring (bicyclic) bond motifs is 12. The minimum absolute atomic E-state index is 0.227. The topological polar surface area (TPSA) is 10.9 Å². The Morgan fingerprint density at radius 3 is 1.09 bits per heavy atom. The average Bonchev–Trinajstić information content (AvgIpc) is 1.54. The summed E-state index contributed by atoms with van der Waals surface area (Å²) in [5.41, 5.74) is 20.2. The second kappa shape index (κ2) is 22.0. The van der Waals surface area contributed by atoms with Gasteiger partial charge in [-0.2, -0.15) is 0 Å². The van der Waals surface area contributed by atoms with Crippen molar-refractivity contribution < 1.29 is 0 Å². The Hall–Kier alpha value is -9.72. The van der Waals surface area contributed by atoms with Gasteiger partial charge in [0.25, 0.3) is 0 Å². The molecule has 0 radical (unpaired) electrons. The first-order valence-electron chi connectivity index (χ1n) is 31.8. The third kappa shape index (κ3) is 9.50. The lowest BCUT2D eigenvalue weighted by atomic mass is 9.81. The molecule has 17 aromatic rings. The Labute approximate surface area is 559 Å². The van der Waals surface area contributed by atoms with Gasteiger partial charge in [-0.15, -0.1) is 22.7 Å². The lowest BCUT2D eigenvalue weighted by molar-refractivity contribution is 0.590. The highest BCUT2D eigenvalue weighted by Crippen LogP contribution is 2.59. The van der Waals surface area contributed by atoms with Gasteiger partial charge >= 0.3 is 0 Å². The third-order valence-corrected chi connectivity index (χ3v) is 21.6. The zero-order valence-electron chi connectivity index (χ0n) is 52.4. The molecule has 0 saturated heterocycles. The predicted molar refractivity (Wildman–Crippen MR) is 405 cm³/mol. The summed E-state index contributed by atoms with van der Waals surface area (Å²) < 4.78 is 7.55. The minimum Gasteiger partial charge on any atom is -0.308 e. The normalized spacial score (nSPS) is 12.3. The molecule has 93 heavy (non-hydrogen) atoms. The highest BCUT2D eigenvalue weighted by atomic mass is 35.5. The van der Waals surface area contributed by atoms with Crippen LogP contribution in [-0.2, 0) is 10.8 Å². The molecule has 0 fully saturated rings. The molecule has 0 amide bonds. The van der Waals surface area contributed by atoms with E-state index in [1.807, 2.05) is 34.8 Å². The van der Waals surface area contributed by atoms with E-state index < -0.39 is 0 Å². The molecular weight excluding hydrogens is 1210 g/mol. The molecule has 7 heteroatoms. The van der Waals surface area contributed by atoms with Crippen molar-refractivity contribution in [1.82, 2.24) is 4.40 Å². The number of rotatable bonds is 10.